The van der Waals surface area contributed by atoms with Crippen molar-refractivity contribution in [1.82, 2.24) is 14.9 Å². The van der Waals surface area contributed by atoms with Crippen LogP contribution >= 0.6 is 0 Å². The topological polar surface area (TPSA) is 94.3 Å². The van der Waals surface area contributed by atoms with E-state index < -0.39 is 10.0 Å². The van der Waals surface area contributed by atoms with Gasteiger partial charge in [-0.15, -0.1) is 0 Å². The van der Waals surface area contributed by atoms with Gasteiger partial charge in [0.05, 0.1) is 17.1 Å². The first kappa shape index (κ1) is 19.8. The Morgan fingerprint density at radius 3 is 2.63 bits per heavy atom. The van der Waals surface area contributed by atoms with Crippen LogP contribution in [0.5, 0.6) is 5.75 Å². The number of hydrogen-bond donors (Lipinski definition) is 1. The fourth-order valence-electron chi connectivity index (χ4n) is 3.21. The number of ether oxygens (including phenoxy) is 1. The molecule has 8 heteroatoms. The Hall–Kier alpha value is -1.93. The molecule has 1 saturated carbocycles. The molecule has 27 heavy (non-hydrogen) atoms. The zero-order valence-electron chi connectivity index (χ0n) is 16.1. The van der Waals surface area contributed by atoms with E-state index in [0.717, 1.165) is 25.7 Å². The Labute approximate surface area is 160 Å². The number of aromatic nitrogens is 2. The Morgan fingerprint density at radius 2 is 2.00 bits per heavy atom. The molecule has 1 aliphatic carbocycles. The van der Waals surface area contributed by atoms with Gasteiger partial charge in [-0.05, 0) is 38.0 Å². The highest BCUT2D eigenvalue weighted by Crippen LogP contribution is 2.32. The van der Waals surface area contributed by atoms with E-state index in [1.807, 2.05) is 20.8 Å². The molecular weight excluding hydrogens is 366 g/mol. The largest absolute Gasteiger partial charge is 0.493 e. The third-order valence-corrected chi connectivity index (χ3v) is 6.19. The highest BCUT2D eigenvalue weighted by molar-refractivity contribution is 7.89. The monoisotopic (exact) mass is 393 g/mol. The van der Waals surface area contributed by atoms with Crippen LogP contribution in [0.1, 0.15) is 64.6 Å². The quantitative estimate of drug-likeness (QED) is 0.767. The molecule has 0 radical (unpaired) electrons. The number of nitrogens with zero attached hydrogens (tertiary/aromatic N) is 2. The van der Waals surface area contributed by atoms with Crippen molar-refractivity contribution in [3.63, 3.8) is 0 Å². The molecular formula is C19H27N3O4S. The summed E-state index contributed by atoms with van der Waals surface area (Å²) in [6.07, 6.45) is 5.04. The molecule has 1 aromatic heterocycles. The van der Waals surface area contributed by atoms with Gasteiger partial charge in [0, 0.05) is 12.0 Å². The summed E-state index contributed by atoms with van der Waals surface area (Å²) in [5.74, 6) is 1.46. The van der Waals surface area contributed by atoms with Crippen LogP contribution < -0.4 is 9.46 Å². The second kappa shape index (κ2) is 8.39. The van der Waals surface area contributed by atoms with E-state index in [1.54, 1.807) is 18.2 Å². The lowest BCUT2D eigenvalue weighted by Gasteiger charge is -2.22. The molecule has 1 aromatic carbocycles. The maximum absolute atomic E-state index is 12.8. The summed E-state index contributed by atoms with van der Waals surface area (Å²) in [6.45, 7) is 6.25. The third kappa shape index (κ3) is 4.68. The molecule has 1 fully saturated rings. The molecule has 0 saturated heterocycles. The van der Waals surface area contributed by atoms with Crippen molar-refractivity contribution in [1.29, 1.82) is 0 Å². The van der Waals surface area contributed by atoms with Crippen molar-refractivity contribution in [2.45, 2.75) is 69.7 Å². The first-order chi connectivity index (χ1) is 12.9. The maximum Gasteiger partial charge on any atom is 0.261 e. The highest BCUT2D eigenvalue weighted by Gasteiger charge is 2.24. The second-order valence-corrected chi connectivity index (χ2v) is 8.87. The van der Waals surface area contributed by atoms with E-state index in [9.17, 15) is 8.42 Å². The average Bonchev–Trinajstić information content (AvgIpc) is 3.13. The summed E-state index contributed by atoms with van der Waals surface area (Å²) in [5.41, 5.74) is 0.489. The van der Waals surface area contributed by atoms with Gasteiger partial charge in [0.1, 0.15) is 5.75 Å². The lowest BCUT2D eigenvalue weighted by molar-refractivity contribution is 0.338. The van der Waals surface area contributed by atoms with E-state index in [2.05, 4.69) is 14.9 Å². The minimum absolute atomic E-state index is 0.00489. The second-order valence-electron chi connectivity index (χ2n) is 7.16. The average molecular weight is 394 g/mol. The van der Waals surface area contributed by atoms with Gasteiger partial charge in [-0.25, -0.2) is 13.1 Å². The van der Waals surface area contributed by atoms with Gasteiger partial charge in [0.15, 0.2) is 5.82 Å². The Bertz CT molecular complexity index is 871. The van der Waals surface area contributed by atoms with E-state index in [4.69, 9.17) is 9.26 Å². The summed E-state index contributed by atoms with van der Waals surface area (Å²) >= 11 is 0. The first-order valence-corrected chi connectivity index (χ1v) is 11.0. The first-order valence-electron chi connectivity index (χ1n) is 9.54. The molecule has 148 valence electrons. The minimum Gasteiger partial charge on any atom is -0.493 e. The smallest absolute Gasteiger partial charge is 0.261 e. The lowest BCUT2D eigenvalue weighted by atomic mass is 9.96. The van der Waals surface area contributed by atoms with E-state index in [-0.39, 0.29) is 22.7 Å². The van der Waals surface area contributed by atoms with Gasteiger partial charge in [0.25, 0.3) is 5.89 Å². The predicted octanol–water partition coefficient (Wildman–Crippen LogP) is 3.87. The van der Waals surface area contributed by atoms with Crippen molar-refractivity contribution in [2.75, 3.05) is 6.61 Å². The maximum atomic E-state index is 12.8. The molecule has 0 unspecified atom stereocenters. The standard InChI is InChI=1S/C19H27N3O4S/c1-4-25-17-11-10-15(27(23,24)22-14-8-6-5-7-9-14)12-16(17)19-20-18(13(2)3)21-26-19/h10-14,22H,4-9H2,1-3H3. The molecule has 0 aliphatic heterocycles. The van der Waals surface area contributed by atoms with Gasteiger partial charge in [0.2, 0.25) is 10.0 Å². The summed E-state index contributed by atoms with van der Waals surface area (Å²) in [6, 6.07) is 4.75. The number of hydrogen-bond acceptors (Lipinski definition) is 6. The number of rotatable bonds is 7. The van der Waals surface area contributed by atoms with Gasteiger partial charge >= 0.3 is 0 Å². The van der Waals surface area contributed by atoms with Crippen LogP contribution in [0.25, 0.3) is 11.5 Å². The zero-order chi connectivity index (χ0) is 19.4. The number of benzene rings is 1. The minimum atomic E-state index is -3.63. The predicted molar refractivity (Wildman–Crippen MR) is 102 cm³/mol. The molecule has 2 aromatic rings. The molecule has 0 amide bonds. The highest BCUT2D eigenvalue weighted by atomic mass is 32.2. The lowest BCUT2D eigenvalue weighted by Crippen LogP contribution is -2.36. The van der Waals surface area contributed by atoms with Crippen LogP contribution in [0.4, 0.5) is 0 Å². The summed E-state index contributed by atoms with van der Waals surface area (Å²) < 4.78 is 39.5. The molecule has 3 rings (SSSR count). The number of sulfonamides is 1. The van der Waals surface area contributed by atoms with E-state index in [0.29, 0.717) is 23.7 Å². The van der Waals surface area contributed by atoms with Crippen molar-refractivity contribution in [2.24, 2.45) is 0 Å². The van der Waals surface area contributed by atoms with Crippen molar-refractivity contribution < 1.29 is 17.7 Å². The molecule has 1 aliphatic rings. The molecule has 0 spiro atoms. The van der Waals surface area contributed by atoms with Crippen LogP contribution in [0, 0.1) is 0 Å². The van der Waals surface area contributed by atoms with Gasteiger partial charge < -0.3 is 9.26 Å². The normalized spacial score (nSPS) is 16.0. The number of nitrogens with one attached hydrogen (secondary N) is 1. The van der Waals surface area contributed by atoms with Crippen molar-refractivity contribution in [3.8, 4) is 17.2 Å². The van der Waals surface area contributed by atoms with Crippen LogP contribution in [-0.2, 0) is 10.0 Å². The molecule has 7 nitrogen and oxygen atoms in total. The fourth-order valence-corrected chi connectivity index (χ4v) is 4.54. The molecule has 1 heterocycles. The van der Waals surface area contributed by atoms with Gasteiger partial charge in [-0.3, -0.25) is 0 Å². The van der Waals surface area contributed by atoms with Crippen molar-refractivity contribution in [3.05, 3.63) is 24.0 Å². The third-order valence-electron chi connectivity index (χ3n) is 4.68. The van der Waals surface area contributed by atoms with Crippen LogP contribution in [0.3, 0.4) is 0 Å². The van der Waals surface area contributed by atoms with E-state index in [1.165, 1.54) is 6.42 Å². The SMILES string of the molecule is CCOc1ccc(S(=O)(=O)NC2CCCCC2)cc1-c1nc(C(C)C)no1. The zero-order valence-corrected chi connectivity index (χ0v) is 16.9. The summed E-state index contributed by atoms with van der Waals surface area (Å²) in [5, 5.41) is 3.97. The molecule has 1 N–H and O–H groups in total. The van der Waals surface area contributed by atoms with Crippen LogP contribution in [0.2, 0.25) is 0 Å². The Morgan fingerprint density at radius 1 is 1.26 bits per heavy atom. The van der Waals surface area contributed by atoms with Crippen LogP contribution in [-0.4, -0.2) is 31.2 Å². The van der Waals surface area contributed by atoms with Crippen LogP contribution in [0.15, 0.2) is 27.6 Å². The van der Waals surface area contributed by atoms with Crippen molar-refractivity contribution >= 4 is 10.0 Å². The summed E-state index contributed by atoms with van der Waals surface area (Å²) in [7, 11) is -3.63. The van der Waals surface area contributed by atoms with Gasteiger partial charge in [-0.1, -0.05) is 38.3 Å². The van der Waals surface area contributed by atoms with E-state index >= 15 is 0 Å². The fraction of sp³-hybridized carbons (Fsp3) is 0.579. The summed E-state index contributed by atoms with van der Waals surface area (Å²) in [4.78, 5) is 4.57. The van der Waals surface area contributed by atoms with Gasteiger partial charge in [-0.2, -0.15) is 4.98 Å². The Balaban J connectivity index is 1.94. The molecule has 0 atom stereocenters. The Kier molecular flexibility index (Phi) is 6.16. The molecule has 0 bridgehead atoms.